The summed E-state index contributed by atoms with van der Waals surface area (Å²) in [4.78, 5) is 17.4. The van der Waals surface area contributed by atoms with Gasteiger partial charge in [-0.1, -0.05) is 24.3 Å². The molecule has 0 amide bonds. The molecule has 0 unspecified atom stereocenters. The molecule has 21 heavy (non-hydrogen) atoms. The number of aryl methyl sites for hydroxylation is 2. The summed E-state index contributed by atoms with van der Waals surface area (Å²) in [5.41, 5.74) is 2.42. The smallest absolute Gasteiger partial charge is 0.266 e. The normalized spacial score (nSPS) is 10.8. The van der Waals surface area contributed by atoms with Crippen molar-refractivity contribution >= 4 is 10.9 Å². The van der Waals surface area contributed by atoms with Crippen LogP contribution < -0.4 is 10.3 Å². The van der Waals surface area contributed by atoms with Gasteiger partial charge in [-0.05, 0) is 37.6 Å². The van der Waals surface area contributed by atoms with Crippen LogP contribution >= 0.6 is 0 Å². The van der Waals surface area contributed by atoms with E-state index in [1.165, 1.54) is 0 Å². The van der Waals surface area contributed by atoms with E-state index in [4.69, 9.17) is 4.74 Å². The second-order valence-electron chi connectivity index (χ2n) is 4.94. The van der Waals surface area contributed by atoms with Crippen molar-refractivity contribution < 1.29 is 4.74 Å². The van der Waals surface area contributed by atoms with E-state index >= 15 is 0 Å². The van der Waals surface area contributed by atoms with Gasteiger partial charge in [0.1, 0.15) is 17.1 Å². The Morgan fingerprint density at radius 1 is 1.05 bits per heavy atom. The first kappa shape index (κ1) is 13.4. The fraction of sp³-hybridized carbons (Fsp3) is 0.176. The first-order chi connectivity index (χ1) is 10.1. The number of hydrogen-bond donors (Lipinski definition) is 0. The van der Waals surface area contributed by atoms with E-state index in [0.29, 0.717) is 22.5 Å². The van der Waals surface area contributed by atoms with Crippen molar-refractivity contribution in [3.8, 4) is 11.4 Å². The second kappa shape index (κ2) is 5.05. The molecule has 0 radical (unpaired) electrons. The zero-order chi connectivity index (χ0) is 15.0. The van der Waals surface area contributed by atoms with E-state index in [1.807, 2.05) is 50.2 Å². The van der Waals surface area contributed by atoms with E-state index in [2.05, 4.69) is 4.98 Å². The molecule has 0 spiro atoms. The number of nitrogens with zero attached hydrogens (tertiary/aromatic N) is 2. The second-order valence-corrected chi connectivity index (χ2v) is 4.94. The third kappa shape index (κ3) is 2.09. The van der Waals surface area contributed by atoms with E-state index in [0.717, 1.165) is 11.3 Å². The highest BCUT2D eigenvalue weighted by molar-refractivity contribution is 5.84. The molecule has 0 N–H and O–H groups in total. The first-order valence-corrected chi connectivity index (χ1v) is 6.76. The molecule has 0 fully saturated rings. The number of para-hydroxylation sites is 2. The molecule has 4 heteroatoms. The van der Waals surface area contributed by atoms with Gasteiger partial charge in [0, 0.05) is 0 Å². The molecule has 0 aliphatic carbocycles. The van der Waals surface area contributed by atoms with E-state index in [1.54, 1.807) is 17.7 Å². The summed E-state index contributed by atoms with van der Waals surface area (Å²) in [6.07, 6.45) is 0. The summed E-state index contributed by atoms with van der Waals surface area (Å²) >= 11 is 0. The Hall–Kier alpha value is -2.62. The van der Waals surface area contributed by atoms with Crippen molar-refractivity contribution in [2.24, 2.45) is 0 Å². The molecule has 1 aromatic heterocycles. The van der Waals surface area contributed by atoms with Crippen molar-refractivity contribution in [2.45, 2.75) is 13.8 Å². The van der Waals surface area contributed by atoms with Crippen LogP contribution in [-0.4, -0.2) is 16.7 Å². The maximum atomic E-state index is 12.8. The van der Waals surface area contributed by atoms with Crippen molar-refractivity contribution in [1.29, 1.82) is 0 Å². The van der Waals surface area contributed by atoms with Gasteiger partial charge in [0.05, 0.1) is 18.2 Å². The Morgan fingerprint density at radius 2 is 1.81 bits per heavy atom. The molecule has 0 saturated carbocycles. The lowest BCUT2D eigenvalue weighted by atomic mass is 10.1. The number of aromatic nitrogens is 2. The highest BCUT2D eigenvalue weighted by atomic mass is 16.5. The van der Waals surface area contributed by atoms with Crippen LogP contribution in [0.2, 0.25) is 0 Å². The van der Waals surface area contributed by atoms with Gasteiger partial charge in [-0.2, -0.15) is 0 Å². The molecule has 106 valence electrons. The fourth-order valence-electron chi connectivity index (χ4n) is 2.55. The van der Waals surface area contributed by atoms with Crippen LogP contribution in [0.3, 0.4) is 0 Å². The van der Waals surface area contributed by atoms with Crippen LogP contribution in [-0.2, 0) is 0 Å². The summed E-state index contributed by atoms with van der Waals surface area (Å²) in [5.74, 6) is 1.26. The summed E-state index contributed by atoms with van der Waals surface area (Å²) in [6, 6.07) is 13.2. The molecule has 0 aliphatic heterocycles. The lowest BCUT2D eigenvalue weighted by Gasteiger charge is -2.14. The van der Waals surface area contributed by atoms with Crippen LogP contribution in [0.5, 0.6) is 5.75 Å². The molecule has 3 aromatic rings. The summed E-state index contributed by atoms with van der Waals surface area (Å²) in [6.45, 7) is 3.82. The zero-order valence-electron chi connectivity index (χ0n) is 12.3. The average Bonchev–Trinajstić information content (AvgIpc) is 2.48. The summed E-state index contributed by atoms with van der Waals surface area (Å²) < 4.78 is 6.95. The third-order valence-corrected chi connectivity index (χ3v) is 3.61. The highest BCUT2D eigenvalue weighted by Crippen LogP contribution is 2.22. The highest BCUT2D eigenvalue weighted by Gasteiger charge is 2.13. The maximum Gasteiger partial charge on any atom is 0.266 e. The standard InChI is InChI=1S/C17H16N2O2/c1-11-7-4-5-9-14(11)19-12(2)18-16-13(17(19)20)8-6-10-15(16)21-3/h4-10H,1-3H3. The lowest BCUT2D eigenvalue weighted by Crippen LogP contribution is -2.23. The molecule has 4 nitrogen and oxygen atoms in total. The molecule has 0 atom stereocenters. The number of rotatable bonds is 2. The van der Waals surface area contributed by atoms with Gasteiger partial charge < -0.3 is 4.74 Å². The van der Waals surface area contributed by atoms with Crippen molar-refractivity contribution in [1.82, 2.24) is 9.55 Å². The Balaban J connectivity index is 2.42. The van der Waals surface area contributed by atoms with Crippen LogP contribution in [0.1, 0.15) is 11.4 Å². The molecule has 2 aromatic carbocycles. The average molecular weight is 280 g/mol. The predicted octanol–water partition coefficient (Wildman–Crippen LogP) is 3.01. The SMILES string of the molecule is COc1cccc2c(=O)n(-c3ccccc3C)c(C)nc12. The van der Waals surface area contributed by atoms with Gasteiger partial charge in [-0.3, -0.25) is 9.36 Å². The predicted molar refractivity (Wildman–Crippen MR) is 83.4 cm³/mol. The number of methoxy groups -OCH3 is 1. The largest absolute Gasteiger partial charge is 0.494 e. The van der Waals surface area contributed by atoms with E-state index in [-0.39, 0.29) is 5.56 Å². The molecule has 3 rings (SSSR count). The fourth-order valence-corrected chi connectivity index (χ4v) is 2.55. The Labute approximate surface area is 122 Å². The van der Waals surface area contributed by atoms with Gasteiger partial charge in [0.15, 0.2) is 0 Å². The number of benzene rings is 2. The van der Waals surface area contributed by atoms with Gasteiger partial charge in [0.25, 0.3) is 5.56 Å². The van der Waals surface area contributed by atoms with Gasteiger partial charge >= 0.3 is 0 Å². The minimum atomic E-state index is -0.0781. The zero-order valence-corrected chi connectivity index (χ0v) is 12.3. The number of fused-ring (bicyclic) bond motifs is 1. The monoisotopic (exact) mass is 280 g/mol. The van der Waals surface area contributed by atoms with Crippen LogP contribution in [0, 0.1) is 13.8 Å². The minimum absolute atomic E-state index is 0.0781. The van der Waals surface area contributed by atoms with E-state index < -0.39 is 0 Å². The van der Waals surface area contributed by atoms with E-state index in [9.17, 15) is 4.79 Å². The molecule has 0 bridgehead atoms. The molecule has 0 aliphatic rings. The Morgan fingerprint density at radius 3 is 2.52 bits per heavy atom. The molecular weight excluding hydrogens is 264 g/mol. The topological polar surface area (TPSA) is 44.1 Å². The Bertz CT molecular complexity index is 882. The van der Waals surface area contributed by atoms with Crippen LogP contribution in [0.4, 0.5) is 0 Å². The Kier molecular flexibility index (Phi) is 3.22. The number of ether oxygens (including phenoxy) is 1. The van der Waals surface area contributed by atoms with Gasteiger partial charge in [-0.15, -0.1) is 0 Å². The molecule has 1 heterocycles. The lowest BCUT2D eigenvalue weighted by molar-refractivity contribution is 0.418. The van der Waals surface area contributed by atoms with Gasteiger partial charge in [-0.25, -0.2) is 4.98 Å². The van der Waals surface area contributed by atoms with Crippen LogP contribution in [0.15, 0.2) is 47.3 Å². The summed E-state index contributed by atoms with van der Waals surface area (Å²) in [7, 11) is 1.58. The maximum absolute atomic E-state index is 12.8. The summed E-state index contributed by atoms with van der Waals surface area (Å²) in [5, 5.41) is 0.559. The molecule has 0 saturated heterocycles. The molecular formula is C17H16N2O2. The van der Waals surface area contributed by atoms with Crippen molar-refractivity contribution in [2.75, 3.05) is 7.11 Å². The van der Waals surface area contributed by atoms with Crippen molar-refractivity contribution in [3.63, 3.8) is 0 Å². The quantitative estimate of drug-likeness (QED) is 0.724. The first-order valence-electron chi connectivity index (χ1n) is 6.76. The third-order valence-electron chi connectivity index (χ3n) is 3.61. The number of hydrogen-bond acceptors (Lipinski definition) is 3. The minimum Gasteiger partial charge on any atom is -0.494 e. The van der Waals surface area contributed by atoms with Crippen molar-refractivity contribution in [3.05, 3.63) is 64.2 Å². The van der Waals surface area contributed by atoms with Gasteiger partial charge in [0.2, 0.25) is 0 Å². The van der Waals surface area contributed by atoms with Crippen LogP contribution in [0.25, 0.3) is 16.6 Å².